The first-order chi connectivity index (χ1) is 13.1. The number of nitrogens with one attached hydrogen (secondary N) is 2. The van der Waals surface area contributed by atoms with Crippen molar-refractivity contribution >= 4 is 23.8 Å². The Labute approximate surface area is 166 Å². The van der Waals surface area contributed by atoms with E-state index >= 15 is 0 Å². The number of hydrogen-bond acceptors (Lipinski definition) is 4. The molecule has 3 aliphatic rings. The number of imide groups is 1. The maximum Gasteiger partial charge on any atom is 0.325 e. The lowest BCUT2D eigenvalue weighted by Gasteiger charge is -2.43. The van der Waals surface area contributed by atoms with Gasteiger partial charge in [0.05, 0.1) is 0 Å². The van der Waals surface area contributed by atoms with Crippen LogP contribution in [-0.4, -0.2) is 65.3 Å². The molecular formula is C20H32N4O4. The molecule has 0 unspecified atom stereocenters. The van der Waals surface area contributed by atoms with Gasteiger partial charge in [0, 0.05) is 26.1 Å². The topological polar surface area (TPSA) is 98.8 Å². The Kier molecular flexibility index (Phi) is 5.68. The third kappa shape index (κ3) is 4.31. The molecule has 2 saturated heterocycles. The Morgan fingerprint density at radius 1 is 1.18 bits per heavy atom. The van der Waals surface area contributed by atoms with Crippen molar-refractivity contribution in [2.75, 3.05) is 26.2 Å². The molecule has 0 bridgehead atoms. The molecule has 3 fully saturated rings. The van der Waals surface area contributed by atoms with Crippen molar-refractivity contribution in [3.63, 3.8) is 0 Å². The molecule has 2 aliphatic heterocycles. The molecule has 3 rings (SSSR count). The fraction of sp³-hybridized carbons (Fsp3) is 0.800. The molecule has 0 radical (unpaired) electrons. The summed E-state index contributed by atoms with van der Waals surface area (Å²) in [6.45, 7) is 7.78. The first-order valence-corrected chi connectivity index (χ1v) is 10.3. The number of hydrogen-bond donors (Lipinski definition) is 2. The standard InChI is InChI=1S/C20H32N4O4/c1-14-10-19(2,3)13-20(11-14)17(27)24(18(28)22-20)12-15(25)21-7-6-16(26)23-8-4-5-9-23/h14H,4-13H2,1-3H3,(H,21,25)(H,22,28)/t14-,20-/m1/s1. The number of rotatable bonds is 5. The van der Waals surface area contributed by atoms with E-state index in [-0.39, 0.29) is 36.7 Å². The lowest BCUT2D eigenvalue weighted by molar-refractivity contribution is -0.137. The number of likely N-dealkylation sites (tertiary alicyclic amines) is 1. The molecule has 2 atom stereocenters. The number of carbonyl (C=O) groups excluding carboxylic acids is 4. The van der Waals surface area contributed by atoms with Crippen molar-refractivity contribution in [1.29, 1.82) is 0 Å². The highest BCUT2D eigenvalue weighted by Gasteiger charge is 2.56. The minimum Gasteiger partial charge on any atom is -0.354 e. The van der Waals surface area contributed by atoms with E-state index < -0.39 is 17.5 Å². The van der Waals surface area contributed by atoms with Crippen molar-refractivity contribution in [3.8, 4) is 0 Å². The van der Waals surface area contributed by atoms with Gasteiger partial charge in [-0.25, -0.2) is 4.79 Å². The summed E-state index contributed by atoms with van der Waals surface area (Å²) >= 11 is 0. The quantitative estimate of drug-likeness (QED) is 0.688. The molecule has 0 aromatic heterocycles. The largest absolute Gasteiger partial charge is 0.354 e. The van der Waals surface area contributed by atoms with Crippen molar-refractivity contribution in [2.45, 2.75) is 64.8 Å². The third-order valence-corrected chi connectivity index (χ3v) is 6.05. The highest BCUT2D eigenvalue weighted by Crippen LogP contribution is 2.46. The summed E-state index contributed by atoms with van der Waals surface area (Å²) < 4.78 is 0. The monoisotopic (exact) mass is 392 g/mol. The van der Waals surface area contributed by atoms with Crippen LogP contribution in [0.25, 0.3) is 0 Å². The average Bonchev–Trinajstić information content (AvgIpc) is 3.17. The number of amides is 5. The molecule has 0 aromatic rings. The average molecular weight is 393 g/mol. The maximum absolute atomic E-state index is 13.0. The van der Waals surface area contributed by atoms with Gasteiger partial charge in [0.15, 0.2) is 0 Å². The van der Waals surface area contributed by atoms with Gasteiger partial charge in [-0.1, -0.05) is 20.8 Å². The Morgan fingerprint density at radius 2 is 1.86 bits per heavy atom. The molecule has 8 heteroatoms. The van der Waals surface area contributed by atoms with Crippen LogP contribution in [0.5, 0.6) is 0 Å². The summed E-state index contributed by atoms with van der Waals surface area (Å²) in [5.74, 6) is -0.373. The van der Waals surface area contributed by atoms with E-state index in [1.54, 1.807) is 4.90 Å². The van der Waals surface area contributed by atoms with E-state index in [2.05, 4.69) is 31.4 Å². The molecule has 5 amide bonds. The maximum atomic E-state index is 13.0. The second kappa shape index (κ2) is 7.72. The van der Waals surface area contributed by atoms with E-state index in [0.29, 0.717) is 18.8 Å². The summed E-state index contributed by atoms with van der Waals surface area (Å²) in [4.78, 5) is 52.5. The van der Waals surface area contributed by atoms with Crippen molar-refractivity contribution < 1.29 is 19.2 Å². The molecule has 28 heavy (non-hydrogen) atoms. The molecule has 1 spiro atoms. The van der Waals surface area contributed by atoms with Gasteiger partial charge in [-0.2, -0.15) is 0 Å². The lowest BCUT2D eigenvalue weighted by atomic mass is 9.64. The van der Waals surface area contributed by atoms with Crippen LogP contribution >= 0.6 is 0 Å². The van der Waals surface area contributed by atoms with Gasteiger partial charge < -0.3 is 15.5 Å². The number of urea groups is 1. The highest BCUT2D eigenvalue weighted by molar-refractivity contribution is 6.09. The zero-order valence-electron chi connectivity index (χ0n) is 17.2. The van der Waals surface area contributed by atoms with Gasteiger partial charge in [0.25, 0.3) is 5.91 Å². The molecular weight excluding hydrogens is 360 g/mol. The second-order valence-electron chi connectivity index (χ2n) is 9.45. The normalized spacial score (nSPS) is 29.3. The summed E-state index contributed by atoms with van der Waals surface area (Å²) in [5, 5.41) is 5.53. The van der Waals surface area contributed by atoms with E-state index in [9.17, 15) is 19.2 Å². The van der Waals surface area contributed by atoms with E-state index in [1.807, 2.05) is 0 Å². The fourth-order valence-corrected chi connectivity index (χ4v) is 5.28. The predicted octanol–water partition coefficient (Wildman–Crippen LogP) is 1.25. The minimum absolute atomic E-state index is 0.0326. The van der Waals surface area contributed by atoms with Gasteiger partial charge in [-0.15, -0.1) is 0 Å². The minimum atomic E-state index is -0.899. The van der Waals surface area contributed by atoms with Gasteiger partial charge in [0.2, 0.25) is 11.8 Å². The van der Waals surface area contributed by atoms with E-state index in [4.69, 9.17) is 0 Å². The zero-order valence-corrected chi connectivity index (χ0v) is 17.2. The molecule has 156 valence electrons. The van der Waals surface area contributed by atoms with Crippen LogP contribution in [0.1, 0.15) is 59.3 Å². The molecule has 2 heterocycles. The Bertz CT molecular complexity index is 671. The van der Waals surface area contributed by atoms with Crippen molar-refractivity contribution in [1.82, 2.24) is 20.4 Å². The summed E-state index contributed by atoms with van der Waals surface area (Å²) in [6.07, 6.45) is 4.48. The van der Waals surface area contributed by atoms with E-state index in [1.165, 1.54) is 0 Å². The van der Waals surface area contributed by atoms with Gasteiger partial charge >= 0.3 is 6.03 Å². The van der Waals surface area contributed by atoms with Gasteiger partial charge in [0.1, 0.15) is 12.1 Å². The van der Waals surface area contributed by atoms with Crippen molar-refractivity contribution in [2.24, 2.45) is 11.3 Å². The second-order valence-corrected chi connectivity index (χ2v) is 9.45. The fourth-order valence-electron chi connectivity index (χ4n) is 5.28. The van der Waals surface area contributed by atoms with E-state index in [0.717, 1.165) is 37.3 Å². The van der Waals surface area contributed by atoms with Crippen LogP contribution in [0.2, 0.25) is 0 Å². The number of carbonyl (C=O) groups is 4. The zero-order chi connectivity index (χ0) is 20.5. The first kappa shape index (κ1) is 20.6. The molecule has 2 N–H and O–H groups in total. The smallest absolute Gasteiger partial charge is 0.325 e. The highest BCUT2D eigenvalue weighted by atomic mass is 16.2. The van der Waals surface area contributed by atoms with Crippen LogP contribution < -0.4 is 10.6 Å². The van der Waals surface area contributed by atoms with Gasteiger partial charge in [-0.3, -0.25) is 19.3 Å². The molecule has 1 saturated carbocycles. The first-order valence-electron chi connectivity index (χ1n) is 10.3. The summed E-state index contributed by atoms with van der Waals surface area (Å²) in [6, 6.07) is -0.502. The Hall–Kier alpha value is -2.12. The summed E-state index contributed by atoms with van der Waals surface area (Å²) in [7, 11) is 0. The SMILES string of the molecule is C[C@@H]1CC(C)(C)C[C@@]2(C1)NC(=O)N(CC(=O)NCCC(=O)N1CCCC1)C2=O. The summed E-state index contributed by atoms with van der Waals surface area (Å²) in [5.41, 5.74) is -0.945. The van der Waals surface area contributed by atoms with Crippen LogP contribution in [0.15, 0.2) is 0 Å². The lowest BCUT2D eigenvalue weighted by Crippen LogP contribution is -2.54. The Morgan fingerprint density at radius 3 is 2.50 bits per heavy atom. The number of nitrogens with zero attached hydrogens (tertiary/aromatic N) is 2. The van der Waals surface area contributed by atoms with Gasteiger partial charge in [-0.05, 0) is 43.4 Å². The Balaban J connectivity index is 1.52. The predicted molar refractivity (Wildman–Crippen MR) is 103 cm³/mol. The van der Waals surface area contributed by atoms with Crippen molar-refractivity contribution in [3.05, 3.63) is 0 Å². The van der Waals surface area contributed by atoms with Crippen LogP contribution in [0.4, 0.5) is 4.79 Å². The molecule has 0 aromatic carbocycles. The third-order valence-electron chi connectivity index (χ3n) is 6.05. The molecule has 8 nitrogen and oxygen atoms in total. The van der Waals surface area contributed by atoms with Crippen LogP contribution in [-0.2, 0) is 14.4 Å². The van der Waals surface area contributed by atoms with Crippen LogP contribution in [0.3, 0.4) is 0 Å². The molecule has 1 aliphatic carbocycles. The van der Waals surface area contributed by atoms with Crippen LogP contribution in [0, 0.1) is 11.3 Å².